The van der Waals surface area contributed by atoms with Gasteiger partial charge in [-0.25, -0.2) is 0 Å². The monoisotopic (exact) mass is 594 g/mol. The van der Waals surface area contributed by atoms with Crippen LogP contribution in [0.15, 0.2) is 78.9 Å². The van der Waals surface area contributed by atoms with Crippen molar-refractivity contribution >= 4 is 21.9 Å². The fourth-order valence-corrected chi connectivity index (χ4v) is 5.65. The first-order valence-corrected chi connectivity index (χ1v) is 15.1. The Labute approximate surface area is 240 Å². The molecule has 0 bridgehead atoms. The number of hydrogen-bond donors (Lipinski definition) is 1. The average Bonchev–Trinajstić information content (AvgIpc) is 2.94. The number of halogens is 5. The van der Waals surface area contributed by atoms with Crippen molar-refractivity contribution in [3.05, 3.63) is 95.6 Å². The van der Waals surface area contributed by atoms with E-state index in [1.165, 1.54) is 5.57 Å². The van der Waals surface area contributed by atoms with Gasteiger partial charge in [0.05, 0.1) is 6.61 Å². The highest BCUT2D eigenvalue weighted by molar-refractivity contribution is 7.84. The predicted molar refractivity (Wildman–Crippen MR) is 155 cm³/mol. The Hall–Kier alpha value is -3.20. The van der Waals surface area contributed by atoms with Gasteiger partial charge in [0.2, 0.25) is 0 Å². The molecule has 0 radical (unpaired) electrons. The topological polar surface area (TPSA) is 46.5 Å². The molecule has 1 atom stereocenters. The SMILES string of the molecule is CC/C(=C(\c1ccc(O)cc1)c1ccc(OCCCCCS(=O)CCCC(F)(F)C(F)(F)F)cc1)c1ccccc1. The lowest BCUT2D eigenvalue weighted by Crippen LogP contribution is -2.36. The van der Waals surface area contributed by atoms with E-state index in [2.05, 4.69) is 19.1 Å². The smallest absolute Gasteiger partial charge is 0.453 e. The highest BCUT2D eigenvalue weighted by Crippen LogP contribution is 2.39. The zero-order valence-electron chi connectivity index (χ0n) is 22.9. The highest BCUT2D eigenvalue weighted by atomic mass is 32.2. The van der Waals surface area contributed by atoms with E-state index in [0.717, 1.165) is 28.7 Å². The maximum absolute atomic E-state index is 12.9. The number of rotatable bonds is 15. The lowest BCUT2D eigenvalue weighted by atomic mass is 9.88. The Morgan fingerprint density at radius 1 is 0.756 bits per heavy atom. The molecule has 3 nitrogen and oxygen atoms in total. The molecule has 0 fully saturated rings. The standard InChI is InChI=1S/C32H35F5O3S/c1-2-29(24-10-5-3-6-11-24)30(25-12-16-27(38)17-13-25)26-14-18-28(19-15-26)40-21-7-4-8-22-41(39)23-9-20-31(33,34)32(35,36)37/h3,5-6,10-19,38H,2,4,7-9,20-23H2,1H3/b30-29-. The summed E-state index contributed by atoms with van der Waals surface area (Å²) < 4.78 is 80.3. The quantitative estimate of drug-likeness (QED) is 0.109. The van der Waals surface area contributed by atoms with Gasteiger partial charge in [-0.1, -0.05) is 61.5 Å². The molecule has 3 aromatic carbocycles. The van der Waals surface area contributed by atoms with E-state index in [4.69, 9.17) is 4.74 Å². The number of ether oxygens (including phenoxy) is 1. The second kappa shape index (κ2) is 15.1. The van der Waals surface area contributed by atoms with Crippen LogP contribution in [0.4, 0.5) is 22.0 Å². The highest BCUT2D eigenvalue weighted by Gasteiger charge is 2.56. The van der Waals surface area contributed by atoms with Crippen molar-refractivity contribution in [1.29, 1.82) is 0 Å². The predicted octanol–water partition coefficient (Wildman–Crippen LogP) is 9.04. The number of phenolic OH excluding ortho intramolecular Hbond substituents is 1. The Balaban J connectivity index is 1.52. The summed E-state index contributed by atoms with van der Waals surface area (Å²) >= 11 is 0. The molecule has 0 aliphatic heterocycles. The number of alkyl halides is 5. The van der Waals surface area contributed by atoms with Gasteiger partial charge in [0, 0.05) is 28.7 Å². The van der Waals surface area contributed by atoms with Gasteiger partial charge in [-0.15, -0.1) is 0 Å². The Morgan fingerprint density at radius 2 is 1.34 bits per heavy atom. The van der Waals surface area contributed by atoms with Gasteiger partial charge < -0.3 is 9.84 Å². The molecule has 0 amide bonds. The second-order valence-electron chi connectivity index (χ2n) is 9.71. The molecule has 9 heteroatoms. The minimum absolute atomic E-state index is 0.168. The van der Waals surface area contributed by atoms with Crippen LogP contribution in [0.1, 0.15) is 62.1 Å². The first-order chi connectivity index (χ1) is 19.5. The number of phenols is 1. The number of benzene rings is 3. The van der Waals surface area contributed by atoms with Crippen molar-refractivity contribution in [3.63, 3.8) is 0 Å². The summed E-state index contributed by atoms with van der Waals surface area (Å²) in [6.45, 7) is 2.55. The van der Waals surface area contributed by atoms with Crippen LogP contribution in [-0.4, -0.2) is 39.5 Å². The van der Waals surface area contributed by atoms with Crippen LogP contribution >= 0.6 is 0 Å². The summed E-state index contributed by atoms with van der Waals surface area (Å²) in [5.41, 5.74) is 5.37. The number of hydrogen-bond acceptors (Lipinski definition) is 3. The fraction of sp³-hybridized carbons (Fsp3) is 0.375. The largest absolute Gasteiger partial charge is 0.508 e. The molecular weight excluding hydrogens is 559 g/mol. The first kappa shape index (κ1) is 32.3. The maximum atomic E-state index is 12.9. The Kier molecular flexibility index (Phi) is 11.9. The van der Waals surface area contributed by atoms with Crippen LogP contribution in [0.5, 0.6) is 11.5 Å². The van der Waals surface area contributed by atoms with Crippen molar-refractivity contribution < 1.29 is 36.0 Å². The van der Waals surface area contributed by atoms with Gasteiger partial charge in [0.15, 0.2) is 0 Å². The normalized spacial score (nSPS) is 13.5. The van der Waals surface area contributed by atoms with E-state index in [-0.39, 0.29) is 17.3 Å². The first-order valence-electron chi connectivity index (χ1n) is 13.6. The fourth-order valence-electron chi connectivity index (χ4n) is 4.46. The molecule has 1 N–H and O–H groups in total. The van der Waals surface area contributed by atoms with Gasteiger partial charge in [0.1, 0.15) is 11.5 Å². The van der Waals surface area contributed by atoms with Crippen molar-refractivity contribution in [1.82, 2.24) is 0 Å². The summed E-state index contributed by atoms with van der Waals surface area (Å²) in [6.07, 6.45) is -4.57. The summed E-state index contributed by atoms with van der Waals surface area (Å²) in [5, 5.41) is 9.80. The van der Waals surface area contributed by atoms with Crippen molar-refractivity contribution in [2.24, 2.45) is 0 Å². The minimum atomic E-state index is -5.57. The number of allylic oxidation sites excluding steroid dienone is 1. The molecule has 41 heavy (non-hydrogen) atoms. The third-order valence-electron chi connectivity index (χ3n) is 6.64. The third-order valence-corrected chi connectivity index (χ3v) is 8.13. The molecule has 1 unspecified atom stereocenters. The summed E-state index contributed by atoms with van der Waals surface area (Å²) in [6, 6.07) is 25.1. The van der Waals surface area contributed by atoms with E-state index in [0.29, 0.717) is 31.6 Å². The summed E-state index contributed by atoms with van der Waals surface area (Å²) in [5.74, 6) is -3.74. The van der Waals surface area contributed by atoms with Crippen LogP contribution in [-0.2, 0) is 10.8 Å². The van der Waals surface area contributed by atoms with E-state index in [9.17, 15) is 31.3 Å². The Morgan fingerprint density at radius 3 is 1.93 bits per heavy atom. The molecule has 0 saturated carbocycles. The van der Waals surface area contributed by atoms with Crippen LogP contribution < -0.4 is 4.74 Å². The molecule has 3 rings (SSSR count). The van der Waals surface area contributed by atoms with Crippen molar-refractivity contribution in [2.75, 3.05) is 18.1 Å². The van der Waals surface area contributed by atoms with E-state index in [1.807, 2.05) is 54.6 Å². The van der Waals surface area contributed by atoms with Crippen LogP contribution in [0.25, 0.3) is 11.1 Å². The lowest BCUT2D eigenvalue weighted by molar-refractivity contribution is -0.284. The molecule has 0 aromatic heterocycles. The minimum Gasteiger partial charge on any atom is -0.508 e. The average molecular weight is 595 g/mol. The zero-order valence-corrected chi connectivity index (χ0v) is 23.7. The zero-order chi connectivity index (χ0) is 29.9. The Bertz CT molecular complexity index is 1270. The van der Waals surface area contributed by atoms with Crippen LogP contribution in [0.2, 0.25) is 0 Å². The van der Waals surface area contributed by atoms with Crippen LogP contribution in [0, 0.1) is 0 Å². The van der Waals surface area contributed by atoms with Crippen molar-refractivity contribution in [3.8, 4) is 11.5 Å². The maximum Gasteiger partial charge on any atom is 0.453 e. The molecule has 0 aliphatic rings. The molecule has 3 aromatic rings. The van der Waals surface area contributed by atoms with Gasteiger partial charge in [-0.3, -0.25) is 4.21 Å². The van der Waals surface area contributed by atoms with Gasteiger partial charge in [-0.05, 0) is 84.2 Å². The van der Waals surface area contributed by atoms with Crippen molar-refractivity contribution in [2.45, 2.75) is 57.5 Å². The third kappa shape index (κ3) is 9.69. The van der Waals surface area contributed by atoms with Gasteiger partial charge in [0.25, 0.3) is 0 Å². The van der Waals surface area contributed by atoms with E-state index >= 15 is 0 Å². The summed E-state index contributed by atoms with van der Waals surface area (Å²) in [4.78, 5) is 0. The lowest BCUT2D eigenvalue weighted by Gasteiger charge is -2.19. The molecular formula is C32H35F5O3S. The second-order valence-corrected chi connectivity index (χ2v) is 11.4. The molecule has 0 aliphatic carbocycles. The molecule has 0 saturated heterocycles. The molecule has 222 valence electrons. The van der Waals surface area contributed by atoms with Crippen LogP contribution in [0.3, 0.4) is 0 Å². The number of aromatic hydroxyl groups is 1. The molecule has 0 heterocycles. The molecule has 0 spiro atoms. The van der Waals surface area contributed by atoms with Gasteiger partial charge in [-0.2, -0.15) is 22.0 Å². The van der Waals surface area contributed by atoms with E-state index < -0.39 is 35.7 Å². The summed E-state index contributed by atoms with van der Waals surface area (Å²) in [7, 11) is -1.43. The van der Waals surface area contributed by atoms with E-state index in [1.54, 1.807) is 12.1 Å². The number of unbranched alkanes of at least 4 members (excludes halogenated alkanes) is 2. The van der Waals surface area contributed by atoms with Gasteiger partial charge >= 0.3 is 12.1 Å².